The van der Waals surface area contributed by atoms with Crippen molar-refractivity contribution in [2.45, 2.75) is 45.4 Å². The number of aryl methyl sites for hydroxylation is 1. The molecule has 1 N–H and O–H groups in total. The molecule has 0 spiro atoms. The van der Waals surface area contributed by atoms with Crippen LogP contribution in [0.5, 0.6) is 0 Å². The molecule has 26 heavy (non-hydrogen) atoms. The van der Waals surface area contributed by atoms with E-state index in [2.05, 4.69) is 22.4 Å². The molecule has 2 aliphatic rings. The highest BCUT2D eigenvalue weighted by molar-refractivity contribution is 6.06. The van der Waals surface area contributed by atoms with Crippen molar-refractivity contribution in [2.24, 2.45) is 5.92 Å². The molecule has 0 atom stereocenters. The van der Waals surface area contributed by atoms with Crippen LogP contribution in [0.4, 0.5) is 0 Å². The van der Waals surface area contributed by atoms with Crippen LogP contribution in [0, 0.1) is 12.8 Å². The smallest absolute Gasteiger partial charge is 0.259 e. The van der Waals surface area contributed by atoms with Gasteiger partial charge in [0, 0.05) is 24.7 Å². The minimum atomic E-state index is 0. The van der Waals surface area contributed by atoms with Crippen molar-refractivity contribution in [3.05, 3.63) is 23.0 Å². The van der Waals surface area contributed by atoms with E-state index in [1.54, 1.807) is 0 Å². The maximum atomic E-state index is 13.2. The average Bonchev–Trinajstić information content (AvgIpc) is 3.43. The summed E-state index contributed by atoms with van der Waals surface area (Å²) < 4.78 is 5.37. The van der Waals surface area contributed by atoms with Gasteiger partial charge in [0.25, 0.3) is 11.6 Å². The molecule has 0 radical (unpaired) electrons. The molecule has 0 unspecified atom stereocenters. The second-order valence-corrected chi connectivity index (χ2v) is 7.36. The lowest BCUT2D eigenvalue weighted by atomic mass is 9.96. The van der Waals surface area contributed by atoms with Gasteiger partial charge in [0.15, 0.2) is 0 Å². The van der Waals surface area contributed by atoms with E-state index in [1.807, 2.05) is 17.9 Å². The van der Waals surface area contributed by atoms with Crippen LogP contribution in [0.3, 0.4) is 0 Å². The van der Waals surface area contributed by atoms with Crippen molar-refractivity contribution in [1.29, 1.82) is 0 Å². The summed E-state index contributed by atoms with van der Waals surface area (Å²) in [6.07, 6.45) is 4.42. The first-order chi connectivity index (χ1) is 12.2. The van der Waals surface area contributed by atoms with E-state index in [-0.39, 0.29) is 18.3 Å². The molecule has 2 fully saturated rings. The molecule has 1 saturated carbocycles. The van der Waals surface area contributed by atoms with Crippen molar-refractivity contribution in [1.82, 2.24) is 20.4 Å². The van der Waals surface area contributed by atoms with Gasteiger partial charge >= 0.3 is 0 Å². The Morgan fingerprint density at radius 1 is 1.31 bits per heavy atom. The minimum absolute atomic E-state index is 0. The lowest BCUT2D eigenvalue weighted by molar-refractivity contribution is 0.0692. The Kier molecular flexibility index (Phi) is 5.82. The SMILES string of the molecule is CCNCC1CCN(C(=O)c2cc(C3CC3)nc3onc(C)c23)CC1.Cl. The van der Waals surface area contributed by atoms with Crippen LogP contribution < -0.4 is 5.32 Å². The Morgan fingerprint density at radius 3 is 2.69 bits per heavy atom. The zero-order chi connectivity index (χ0) is 17.4. The summed E-state index contributed by atoms with van der Waals surface area (Å²) >= 11 is 0. The van der Waals surface area contributed by atoms with Crippen LogP contribution in [0.1, 0.15) is 60.3 Å². The van der Waals surface area contributed by atoms with Gasteiger partial charge in [0.2, 0.25) is 0 Å². The number of amides is 1. The Morgan fingerprint density at radius 2 is 2.04 bits per heavy atom. The number of hydrogen-bond acceptors (Lipinski definition) is 5. The van der Waals surface area contributed by atoms with Gasteiger partial charge < -0.3 is 14.7 Å². The molecular weight excluding hydrogens is 352 g/mol. The van der Waals surface area contributed by atoms with E-state index in [1.165, 1.54) is 0 Å². The zero-order valence-corrected chi connectivity index (χ0v) is 16.3. The van der Waals surface area contributed by atoms with Crippen LogP contribution in [-0.2, 0) is 0 Å². The molecule has 3 heterocycles. The van der Waals surface area contributed by atoms with Crippen LogP contribution in [0.25, 0.3) is 11.1 Å². The van der Waals surface area contributed by atoms with Crippen molar-refractivity contribution in [3.63, 3.8) is 0 Å². The second-order valence-electron chi connectivity index (χ2n) is 7.36. The van der Waals surface area contributed by atoms with Crippen LogP contribution in [0.15, 0.2) is 10.6 Å². The first kappa shape index (κ1) is 19.1. The topological polar surface area (TPSA) is 71.3 Å². The molecule has 4 rings (SSSR count). The van der Waals surface area contributed by atoms with Gasteiger partial charge in [-0.05, 0) is 57.7 Å². The Balaban J connectivity index is 0.00000196. The molecule has 6 nitrogen and oxygen atoms in total. The molecule has 142 valence electrons. The van der Waals surface area contributed by atoms with E-state index < -0.39 is 0 Å². The number of pyridine rings is 1. The monoisotopic (exact) mass is 378 g/mol. The second kappa shape index (κ2) is 7.92. The molecule has 1 amide bonds. The number of aromatic nitrogens is 2. The fourth-order valence-corrected chi connectivity index (χ4v) is 3.73. The number of carbonyl (C=O) groups excluding carboxylic acids is 1. The number of carbonyl (C=O) groups is 1. The van der Waals surface area contributed by atoms with E-state index >= 15 is 0 Å². The quantitative estimate of drug-likeness (QED) is 0.864. The molecule has 2 aromatic rings. The van der Waals surface area contributed by atoms with Crippen molar-refractivity contribution in [3.8, 4) is 0 Å². The normalized spacial score (nSPS) is 18.2. The molecule has 0 bridgehead atoms. The Labute approximate surface area is 160 Å². The van der Waals surface area contributed by atoms with Gasteiger partial charge in [-0.1, -0.05) is 12.1 Å². The van der Waals surface area contributed by atoms with Gasteiger partial charge in [-0.25, -0.2) is 4.98 Å². The molecular formula is C19H27ClN4O2. The first-order valence-corrected chi connectivity index (χ1v) is 9.44. The number of halogens is 1. The van der Waals surface area contributed by atoms with Gasteiger partial charge in [-0.3, -0.25) is 4.79 Å². The molecule has 1 aliphatic heterocycles. The maximum Gasteiger partial charge on any atom is 0.259 e. The third-order valence-corrected chi connectivity index (χ3v) is 5.45. The number of nitrogens with one attached hydrogen (secondary N) is 1. The first-order valence-electron chi connectivity index (χ1n) is 9.44. The number of likely N-dealkylation sites (tertiary alicyclic amines) is 1. The third-order valence-electron chi connectivity index (χ3n) is 5.45. The van der Waals surface area contributed by atoms with Crippen LogP contribution in [-0.4, -0.2) is 47.1 Å². The summed E-state index contributed by atoms with van der Waals surface area (Å²) in [6.45, 7) is 7.71. The highest BCUT2D eigenvalue weighted by Crippen LogP contribution is 2.40. The summed E-state index contributed by atoms with van der Waals surface area (Å²) in [5, 5.41) is 8.23. The lowest BCUT2D eigenvalue weighted by Gasteiger charge is -2.32. The Hall–Kier alpha value is -1.66. The standard InChI is InChI=1S/C19H26N4O2.ClH/c1-3-20-11-13-6-8-23(9-7-13)19(24)15-10-16(14-4-5-14)21-18-17(15)12(2)22-25-18;/h10,13-14,20H,3-9,11H2,1-2H3;1H. The summed E-state index contributed by atoms with van der Waals surface area (Å²) in [6, 6.07) is 1.98. The number of nitrogens with zero attached hydrogens (tertiary/aromatic N) is 3. The van der Waals surface area contributed by atoms with Gasteiger partial charge in [-0.2, -0.15) is 0 Å². The van der Waals surface area contributed by atoms with Crippen LogP contribution in [0.2, 0.25) is 0 Å². The summed E-state index contributed by atoms with van der Waals surface area (Å²) in [4.78, 5) is 19.8. The van der Waals surface area contributed by atoms with Crippen molar-refractivity contribution < 1.29 is 9.32 Å². The molecule has 2 aromatic heterocycles. The fraction of sp³-hybridized carbons (Fsp3) is 0.632. The maximum absolute atomic E-state index is 13.2. The molecule has 7 heteroatoms. The number of piperidine rings is 1. The largest absolute Gasteiger partial charge is 0.339 e. The molecule has 1 aliphatic carbocycles. The number of fused-ring (bicyclic) bond motifs is 1. The van der Waals surface area contributed by atoms with E-state index in [9.17, 15) is 4.79 Å². The van der Waals surface area contributed by atoms with Gasteiger partial charge in [0.05, 0.1) is 16.6 Å². The third kappa shape index (κ3) is 3.71. The minimum Gasteiger partial charge on any atom is -0.339 e. The summed E-state index contributed by atoms with van der Waals surface area (Å²) in [7, 11) is 0. The lowest BCUT2D eigenvalue weighted by Crippen LogP contribution is -2.40. The molecule has 0 aromatic carbocycles. The predicted molar refractivity (Wildman–Crippen MR) is 103 cm³/mol. The summed E-state index contributed by atoms with van der Waals surface area (Å²) in [5.41, 5.74) is 2.95. The van der Waals surface area contributed by atoms with E-state index in [0.29, 0.717) is 17.5 Å². The highest BCUT2D eigenvalue weighted by Gasteiger charge is 2.31. The van der Waals surface area contributed by atoms with Crippen molar-refractivity contribution >= 4 is 29.4 Å². The van der Waals surface area contributed by atoms with Crippen molar-refractivity contribution in [2.75, 3.05) is 26.2 Å². The van der Waals surface area contributed by atoms with E-state index in [4.69, 9.17) is 4.52 Å². The predicted octanol–water partition coefficient (Wildman–Crippen LogP) is 3.29. The Bertz CT molecular complexity index is 779. The summed E-state index contributed by atoms with van der Waals surface area (Å²) in [5.74, 6) is 1.25. The number of hydrogen-bond donors (Lipinski definition) is 1. The van der Waals surface area contributed by atoms with Gasteiger partial charge in [0.1, 0.15) is 0 Å². The number of rotatable bonds is 5. The average molecular weight is 379 g/mol. The van der Waals surface area contributed by atoms with Gasteiger partial charge in [-0.15, -0.1) is 12.4 Å². The van der Waals surface area contributed by atoms with E-state index in [0.717, 1.165) is 74.2 Å². The fourth-order valence-electron chi connectivity index (χ4n) is 3.73. The molecule has 1 saturated heterocycles. The zero-order valence-electron chi connectivity index (χ0n) is 15.5. The highest BCUT2D eigenvalue weighted by atomic mass is 35.5. The van der Waals surface area contributed by atoms with Crippen LogP contribution >= 0.6 is 12.4 Å².